The predicted octanol–water partition coefficient (Wildman–Crippen LogP) is 2.21. The number of rotatable bonds is 1. The van der Waals surface area contributed by atoms with Gasteiger partial charge in [0.2, 0.25) is 5.91 Å². The number of nitrogens with zero attached hydrogens (tertiary/aromatic N) is 1. The van der Waals surface area contributed by atoms with Gasteiger partial charge in [0.25, 0.3) is 0 Å². The third-order valence-corrected chi connectivity index (χ3v) is 3.81. The summed E-state index contributed by atoms with van der Waals surface area (Å²) in [5, 5.41) is 0. The van der Waals surface area contributed by atoms with Gasteiger partial charge in [-0.2, -0.15) is 13.2 Å². The zero-order valence-corrected chi connectivity index (χ0v) is 10.2. The lowest BCUT2D eigenvalue weighted by Gasteiger charge is -2.34. The standard InChI is InChI=1S/C12H18F3NO2/c13-12(14,15)10-3-1-2-9(8-10)11(17)16-4-6-18-7-5-16/h9-10H,1-8H2. The van der Waals surface area contributed by atoms with Gasteiger partial charge >= 0.3 is 6.18 Å². The van der Waals surface area contributed by atoms with E-state index >= 15 is 0 Å². The topological polar surface area (TPSA) is 29.5 Å². The minimum atomic E-state index is -4.16. The highest BCUT2D eigenvalue weighted by Gasteiger charge is 2.44. The quantitative estimate of drug-likeness (QED) is 0.727. The van der Waals surface area contributed by atoms with Crippen LogP contribution in [-0.2, 0) is 9.53 Å². The van der Waals surface area contributed by atoms with E-state index in [4.69, 9.17) is 4.74 Å². The van der Waals surface area contributed by atoms with Crippen molar-refractivity contribution in [2.24, 2.45) is 11.8 Å². The number of carbonyl (C=O) groups excluding carboxylic acids is 1. The number of carbonyl (C=O) groups is 1. The van der Waals surface area contributed by atoms with Crippen molar-refractivity contribution in [3.8, 4) is 0 Å². The van der Waals surface area contributed by atoms with Crippen LogP contribution in [0.3, 0.4) is 0 Å². The monoisotopic (exact) mass is 265 g/mol. The summed E-state index contributed by atoms with van der Waals surface area (Å²) in [6, 6.07) is 0. The third kappa shape index (κ3) is 3.16. The molecule has 1 saturated carbocycles. The van der Waals surface area contributed by atoms with Crippen molar-refractivity contribution < 1.29 is 22.7 Å². The molecule has 0 aromatic carbocycles. The van der Waals surface area contributed by atoms with Gasteiger partial charge in [-0.1, -0.05) is 6.42 Å². The van der Waals surface area contributed by atoms with Crippen molar-refractivity contribution in [1.82, 2.24) is 4.90 Å². The van der Waals surface area contributed by atoms with E-state index < -0.39 is 18.0 Å². The van der Waals surface area contributed by atoms with Crippen LogP contribution < -0.4 is 0 Å². The van der Waals surface area contributed by atoms with Crippen LogP contribution in [0.5, 0.6) is 0 Å². The molecule has 2 unspecified atom stereocenters. The lowest BCUT2D eigenvalue weighted by Crippen LogP contribution is -2.45. The maximum atomic E-state index is 12.7. The Morgan fingerprint density at radius 2 is 1.83 bits per heavy atom. The molecule has 104 valence electrons. The highest BCUT2D eigenvalue weighted by molar-refractivity contribution is 5.79. The van der Waals surface area contributed by atoms with Crippen LogP contribution in [0.1, 0.15) is 25.7 Å². The fourth-order valence-electron chi connectivity index (χ4n) is 2.75. The molecule has 0 aromatic rings. The Balaban J connectivity index is 1.93. The van der Waals surface area contributed by atoms with E-state index in [0.29, 0.717) is 39.1 Å². The Labute approximate surface area is 104 Å². The number of hydrogen-bond acceptors (Lipinski definition) is 2. The van der Waals surface area contributed by atoms with Crippen molar-refractivity contribution in [3.05, 3.63) is 0 Å². The molecule has 1 saturated heterocycles. The first-order chi connectivity index (χ1) is 8.48. The Hall–Kier alpha value is -0.780. The molecular formula is C12H18F3NO2. The molecule has 2 aliphatic rings. The second kappa shape index (κ2) is 5.47. The van der Waals surface area contributed by atoms with Gasteiger partial charge in [0.15, 0.2) is 0 Å². The van der Waals surface area contributed by atoms with Crippen molar-refractivity contribution >= 4 is 5.91 Å². The maximum absolute atomic E-state index is 12.7. The predicted molar refractivity (Wildman–Crippen MR) is 58.9 cm³/mol. The van der Waals surface area contributed by atoms with Crippen LogP contribution in [0.25, 0.3) is 0 Å². The largest absolute Gasteiger partial charge is 0.391 e. The molecule has 2 atom stereocenters. The average Bonchev–Trinajstić information content (AvgIpc) is 2.38. The second-order valence-corrected chi connectivity index (χ2v) is 5.04. The third-order valence-electron chi connectivity index (χ3n) is 3.81. The Kier molecular flexibility index (Phi) is 4.14. The molecule has 0 aromatic heterocycles. The maximum Gasteiger partial charge on any atom is 0.391 e. The van der Waals surface area contributed by atoms with Crippen LogP contribution in [-0.4, -0.2) is 43.3 Å². The van der Waals surface area contributed by atoms with E-state index in [1.165, 1.54) is 0 Å². The average molecular weight is 265 g/mol. The number of alkyl halides is 3. The fourth-order valence-corrected chi connectivity index (χ4v) is 2.75. The first-order valence-corrected chi connectivity index (χ1v) is 6.41. The number of morpholine rings is 1. The molecule has 0 bridgehead atoms. The molecule has 0 N–H and O–H groups in total. The van der Waals surface area contributed by atoms with Crippen molar-refractivity contribution in [3.63, 3.8) is 0 Å². The molecule has 1 heterocycles. The van der Waals surface area contributed by atoms with Crippen LogP contribution in [0.15, 0.2) is 0 Å². The molecule has 3 nitrogen and oxygen atoms in total. The summed E-state index contributed by atoms with van der Waals surface area (Å²) in [5.74, 6) is -1.88. The van der Waals surface area contributed by atoms with Gasteiger partial charge in [0, 0.05) is 19.0 Å². The summed E-state index contributed by atoms with van der Waals surface area (Å²) >= 11 is 0. The Bertz CT molecular complexity index is 300. The first kappa shape index (κ1) is 13.6. The first-order valence-electron chi connectivity index (χ1n) is 6.41. The van der Waals surface area contributed by atoms with E-state index in [1.54, 1.807) is 4.90 Å². The normalized spacial score (nSPS) is 30.3. The van der Waals surface area contributed by atoms with Gasteiger partial charge in [-0.25, -0.2) is 0 Å². The molecule has 1 amide bonds. The minimum Gasteiger partial charge on any atom is -0.378 e. The zero-order chi connectivity index (χ0) is 13.2. The number of hydrogen-bond donors (Lipinski definition) is 0. The van der Waals surface area contributed by atoms with E-state index in [9.17, 15) is 18.0 Å². The summed E-state index contributed by atoms with van der Waals surface area (Å²) in [6.07, 6.45) is -2.96. The highest BCUT2D eigenvalue weighted by atomic mass is 19.4. The fraction of sp³-hybridized carbons (Fsp3) is 0.917. The molecule has 2 fully saturated rings. The molecule has 0 spiro atoms. The lowest BCUT2D eigenvalue weighted by atomic mass is 9.80. The molecule has 1 aliphatic carbocycles. The summed E-state index contributed by atoms with van der Waals surface area (Å²) in [7, 11) is 0. The second-order valence-electron chi connectivity index (χ2n) is 5.04. The van der Waals surface area contributed by atoms with Gasteiger partial charge in [0.05, 0.1) is 19.1 Å². The van der Waals surface area contributed by atoms with E-state index in [1.807, 2.05) is 0 Å². The molecule has 1 aliphatic heterocycles. The van der Waals surface area contributed by atoms with Gasteiger partial charge in [-0.15, -0.1) is 0 Å². The summed E-state index contributed by atoms with van der Waals surface area (Å²) in [6.45, 7) is 1.99. The zero-order valence-electron chi connectivity index (χ0n) is 10.2. The van der Waals surface area contributed by atoms with Gasteiger partial charge in [0.1, 0.15) is 0 Å². The van der Waals surface area contributed by atoms with E-state index in [0.717, 1.165) is 0 Å². The van der Waals surface area contributed by atoms with E-state index in [2.05, 4.69) is 0 Å². The Morgan fingerprint density at radius 3 is 2.44 bits per heavy atom. The van der Waals surface area contributed by atoms with Crippen LogP contribution in [0.4, 0.5) is 13.2 Å². The Morgan fingerprint density at radius 1 is 1.17 bits per heavy atom. The minimum absolute atomic E-state index is 0.0420. The van der Waals surface area contributed by atoms with Crippen molar-refractivity contribution in [2.45, 2.75) is 31.9 Å². The number of amides is 1. The smallest absolute Gasteiger partial charge is 0.378 e. The van der Waals surface area contributed by atoms with Crippen LogP contribution >= 0.6 is 0 Å². The molecular weight excluding hydrogens is 247 g/mol. The number of halogens is 3. The van der Waals surface area contributed by atoms with Gasteiger partial charge in [-0.05, 0) is 19.3 Å². The van der Waals surface area contributed by atoms with Crippen molar-refractivity contribution in [2.75, 3.05) is 26.3 Å². The van der Waals surface area contributed by atoms with Crippen molar-refractivity contribution in [1.29, 1.82) is 0 Å². The van der Waals surface area contributed by atoms with E-state index in [-0.39, 0.29) is 18.7 Å². The summed E-state index contributed by atoms with van der Waals surface area (Å²) < 4.78 is 43.2. The molecule has 18 heavy (non-hydrogen) atoms. The summed E-state index contributed by atoms with van der Waals surface area (Å²) in [4.78, 5) is 13.8. The summed E-state index contributed by atoms with van der Waals surface area (Å²) in [5.41, 5.74) is 0. The van der Waals surface area contributed by atoms with Gasteiger partial charge in [-0.3, -0.25) is 4.79 Å². The molecule has 0 radical (unpaired) electrons. The molecule has 6 heteroatoms. The van der Waals surface area contributed by atoms with Crippen LogP contribution in [0, 0.1) is 11.8 Å². The highest BCUT2D eigenvalue weighted by Crippen LogP contribution is 2.40. The molecule has 2 rings (SSSR count). The van der Waals surface area contributed by atoms with Gasteiger partial charge < -0.3 is 9.64 Å². The van der Waals surface area contributed by atoms with Crippen LogP contribution in [0.2, 0.25) is 0 Å². The SMILES string of the molecule is O=C(C1CCCC(C(F)(F)F)C1)N1CCOCC1. The number of ether oxygens (including phenoxy) is 1. The lowest BCUT2D eigenvalue weighted by molar-refractivity contribution is -0.187.